The molecule has 0 amide bonds. The molecule has 0 aliphatic rings. The molecular formula is C14H16Br2N2. The van der Waals surface area contributed by atoms with Crippen LogP contribution < -0.4 is 0 Å². The third-order valence-corrected chi connectivity index (χ3v) is 4.45. The second-order valence-electron chi connectivity index (χ2n) is 4.39. The predicted octanol–water partition coefficient (Wildman–Crippen LogP) is 4.29. The van der Waals surface area contributed by atoms with Crippen molar-refractivity contribution in [3.63, 3.8) is 0 Å². The van der Waals surface area contributed by atoms with Gasteiger partial charge in [-0.15, -0.1) is 0 Å². The quantitative estimate of drug-likeness (QED) is 0.716. The lowest BCUT2D eigenvalue weighted by Gasteiger charge is -2.14. The number of alkyl halides is 1. The van der Waals surface area contributed by atoms with E-state index in [2.05, 4.69) is 67.3 Å². The summed E-state index contributed by atoms with van der Waals surface area (Å²) in [6.45, 7) is 0. The average Bonchev–Trinajstić information content (AvgIpc) is 2.76. The lowest BCUT2D eigenvalue weighted by Crippen LogP contribution is -2.05. The Balaban J connectivity index is 2.04. The SMILES string of the molecule is Cn1nccc1CCC(CBr)c1cccc(Br)c1. The van der Waals surface area contributed by atoms with Gasteiger partial charge in [0.1, 0.15) is 0 Å². The molecule has 18 heavy (non-hydrogen) atoms. The number of benzene rings is 1. The van der Waals surface area contributed by atoms with Crippen LogP contribution in [0.2, 0.25) is 0 Å². The number of rotatable bonds is 5. The monoisotopic (exact) mass is 370 g/mol. The summed E-state index contributed by atoms with van der Waals surface area (Å²) in [4.78, 5) is 0. The average molecular weight is 372 g/mol. The number of hydrogen-bond donors (Lipinski definition) is 0. The van der Waals surface area contributed by atoms with Crippen LogP contribution in [0.25, 0.3) is 0 Å². The van der Waals surface area contributed by atoms with E-state index in [1.54, 1.807) is 0 Å². The number of aryl methyl sites for hydroxylation is 2. The molecule has 2 rings (SSSR count). The highest BCUT2D eigenvalue weighted by atomic mass is 79.9. The Labute approximate surface area is 125 Å². The molecular weight excluding hydrogens is 356 g/mol. The van der Waals surface area contributed by atoms with E-state index in [1.807, 2.05) is 17.9 Å². The van der Waals surface area contributed by atoms with Crippen LogP contribution in [0.4, 0.5) is 0 Å². The van der Waals surface area contributed by atoms with Crippen molar-refractivity contribution in [2.45, 2.75) is 18.8 Å². The first-order valence-electron chi connectivity index (χ1n) is 5.99. The Bertz CT molecular complexity index is 508. The van der Waals surface area contributed by atoms with Gasteiger partial charge in [0.2, 0.25) is 0 Å². The summed E-state index contributed by atoms with van der Waals surface area (Å²) < 4.78 is 3.10. The minimum absolute atomic E-state index is 0.539. The fraction of sp³-hybridized carbons (Fsp3) is 0.357. The maximum absolute atomic E-state index is 4.20. The molecule has 1 heterocycles. The lowest BCUT2D eigenvalue weighted by molar-refractivity contribution is 0.637. The maximum Gasteiger partial charge on any atom is 0.0492 e. The topological polar surface area (TPSA) is 17.8 Å². The largest absolute Gasteiger partial charge is 0.273 e. The molecule has 0 saturated heterocycles. The molecule has 2 nitrogen and oxygen atoms in total. The highest BCUT2D eigenvalue weighted by Crippen LogP contribution is 2.26. The van der Waals surface area contributed by atoms with Crippen molar-refractivity contribution in [1.82, 2.24) is 9.78 Å². The summed E-state index contributed by atoms with van der Waals surface area (Å²) in [7, 11) is 2.00. The fourth-order valence-electron chi connectivity index (χ4n) is 2.06. The molecule has 2 aromatic rings. The molecule has 1 aromatic carbocycles. The van der Waals surface area contributed by atoms with Crippen LogP contribution in [-0.4, -0.2) is 15.1 Å². The highest BCUT2D eigenvalue weighted by Gasteiger charge is 2.11. The standard InChI is InChI=1S/C14H16Br2N2/c1-18-14(7-8-17-18)6-5-12(10-15)11-3-2-4-13(16)9-11/h2-4,7-9,12H,5-6,10H2,1H3. The fourth-order valence-corrected chi connectivity index (χ4v) is 3.18. The van der Waals surface area contributed by atoms with Crippen LogP contribution in [-0.2, 0) is 13.5 Å². The second kappa shape index (κ2) is 6.53. The molecule has 1 unspecified atom stereocenters. The number of nitrogens with zero attached hydrogens (tertiary/aromatic N) is 2. The normalized spacial score (nSPS) is 12.6. The molecule has 0 radical (unpaired) electrons. The Morgan fingerprint density at radius 2 is 2.17 bits per heavy atom. The van der Waals surface area contributed by atoms with Crippen LogP contribution in [0, 0.1) is 0 Å². The van der Waals surface area contributed by atoms with Gasteiger partial charge >= 0.3 is 0 Å². The number of aromatic nitrogens is 2. The second-order valence-corrected chi connectivity index (χ2v) is 5.95. The van der Waals surface area contributed by atoms with E-state index in [4.69, 9.17) is 0 Å². The van der Waals surface area contributed by atoms with E-state index in [1.165, 1.54) is 11.3 Å². The van der Waals surface area contributed by atoms with Crippen molar-refractivity contribution in [1.29, 1.82) is 0 Å². The van der Waals surface area contributed by atoms with Gasteiger partial charge in [-0.25, -0.2) is 0 Å². The number of hydrogen-bond acceptors (Lipinski definition) is 1. The van der Waals surface area contributed by atoms with E-state index in [9.17, 15) is 0 Å². The molecule has 0 aliphatic heterocycles. The molecule has 1 aromatic heterocycles. The van der Waals surface area contributed by atoms with Gasteiger partial charge in [0, 0.05) is 28.7 Å². The zero-order valence-corrected chi connectivity index (χ0v) is 13.5. The summed E-state index contributed by atoms with van der Waals surface area (Å²) in [5.41, 5.74) is 2.67. The zero-order chi connectivity index (χ0) is 13.0. The van der Waals surface area contributed by atoms with Gasteiger partial charge in [-0.2, -0.15) is 5.10 Å². The maximum atomic E-state index is 4.20. The first-order valence-corrected chi connectivity index (χ1v) is 7.90. The molecule has 0 saturated carbocycles. The van der Waals surface area contributed by atoms with Crippen LogP contribution in [0.15, 0.2) is 41.0 Å². The zero-order valence-electron chi connectivity index (χ0n) is 10.3. The van der Waals surface area contributed by atoms with E-state index >= 15 is 0 Å². The molecule has 0 aliphatic carbocycles. The third-order valence-electron chi connectivity index (χ3n) is 3.18. The van der Waals surface area contributed by atoms with Crippen molar-refractivity contribution in [3.8, 4) is 0 Å². The van der Waals surface area contributed by atoms with E-state index in [-0.39, 0.29) is 0 Å². The van der Waals surface area contributed by atoms with Crippen LogP contribution in [0.1, 0.15) is 23.6 Å². The molecule has 0 spiro atoms. The van der Waals surface area contributed by atoms with Crippen LogP contribution in [0.5, 0.6) is 0 Å². The molecule has 96 valence electrons. The molecule has 1 atom stereocenters. The summed E-state index contributed by atoms with van der Waals surface area (Å²) in [6, 6.07) is 10.6. The Morgan fingerprint density at radius 3 is 2.78 bits per heavy atom. The van der Waals surface area contributed by atoms with Crippen LogP contribution >= 0.6 is 31.9 Å². The van der Waals surface area contributed by atoms with Gasteiger partial charge in [0.25, 0.3) is 0 Å². The number of halogens is 2. The van der Waals surface area contributed by atoms with E-state index < -0.39 is 0 Å². The smallest absolute Gasteiger partial charge is 0.0492 e. The van der Waals surface area contributed by atoms with Crippen molar-refractivity contribution >= 4 is 31.9 Å². The van der Waals surface area contributed by atoms with Gasteiger partial charge in [0.05, 0.1) is 0 Å². The summed E-state index contributed by atoms with van der Waals surface area (Å²) in [5, 5.41) is 5.19. The third kappa shape index (κ3) is 3.45. The van der Waals surface area contributed by atoms with Crippen molar-refractivity contribution in [3.05, 3.63) is 52.3 Å². The van der Waals surface area contributed by atoms with E-state index in [0.29, 0.717) is 5.92 Å². The first kappa shape index (κ1) is 13.8. The van der Waals surface area contributed by atoms with Gasteiger partial charge in [-0.05, 0) is 42.5 Å². The highest BCUT2D eigenvalue weighted by molar-refractivity contribution is 9.10. The summed E-state index contributed by atoms with van der Waals surface area (Å²) >= 11 is 7.15. The van der Waals surface area contributed by atoms with Gasteiger partial charge in [-0.1, -0.05) is 44.0 Å². The van der Waals surface area contributed by atoms with Gasteiger partial charge < -0.3 is 0 Å². The lowest BCUT2D eigenvalue weighted by atomic mass is 9.95. The minimum Gasteiger partial charge on any atom is -0.273 e. The Hall–Kier alpha value is -0.610. The van der Waals surface area contributed by atoms with Crippen LogP contribution in [0.3, 0.4) is 0 Å². The van der Waals surface area contributed by atoms with Gasteiger partial charge in [-0.3, -0.25) is 4.68 Å². The summed E-state index contributed by atoms with van der Waals surface area (Å²) in [6.07, 6.45) is 4.04. The summed E-state index contributed by atoms with van der Waals surface area (Å²) in [5.74, 6) is 0.539. The molecule has 0 fully saturated rings. The van der Waals surface area contributed by atoms with Gasteiger partial charge in [0.15, 0.2) is 0 Å². The Morgan fingerprint density at radius 1 is 1.33 bits per heavy atom. The van der Waals surface area contributed by atoms with Crippen molar-refractivity contribution < 1.29 is 0 Å². The first-order chi connectivity index (χ1) is 8.70. The minimum atomic E-state index is 0.539. The molecule has 0 bridgehead atoms. The van der Waals surface area contributed by atoms with E-state index in [0.717, 1.165) is 22.6 Å². The van der Waals surface area contributed by atoms with Crippen molar-refractivity contribution in [2.24, 2.45) is 7.05 Å². The Kier molecular flexibility index (Phi) is 5.01. The van der Waals surface area contributed by atoms with Crippen molar-refractivity contribution in [2.75, 3.05) is 5.33 Å². The molecule has 0 N–H and O–H groups in total. The predicted molar refractivity (Wildman–Crippen MR) is 82.2 cm³/mol. The molecule has 4 heteroatoms.